The average molecular weight is 429 g/mol. The molecule has 1 aliphatic rings. The molecule has 3 aromatic rings. The van der Waals surface area contributed by atoms with Crippen molar-refractivity contribution in [2.75, 3.05) is 18.4 Å². The summed E-state index contributed by atoms with van der Waals surface area (Å²) in [7, 11) is 0. The number of amides is 2. The fourth-order valence-electron chi connectivity index (χ4n) is 4.14. The minimum Gasteiger partial charge on any atom is -0.343 e. The number of likely N-dealkylation sites (tertiary alicyclic amines) is 1. The van der Waals surface area contributed by atoms with Gasteiger partial charge in [0.2, 0.25) is 5.91 Å². The summed E-state index contributed by atoms with van der Waals surface area (Å²) in [5, 5.41) is 2.83. The topological polar surface area (TPSA) is 88.3 Å². The van der Waals surface area contributed by atoms with Gasteiger partial charge in [-0.2, -0.15) is 0 Å². The van der Waals surface area contributed by atoms with Gasteiger partial charge in [-0.1, -0.05) is 42.5 Å². The predicted molar refractivity (Wildman–Crippen MR) is 125 cm³/mol. The van der Waals surface area contributed by atoms with Crippen molar-refractivity contribution in [2.45, 2.75) is 31.2 Å². The number of nitrogens with one attached hydrogen (secondary N) is 1. The Morgan fingerprint density at radius 1 is 0.969 bits per heavy atom. The maximum Gasteiger partial charge on any atom is 0.255 e. The van der Waals surface area contributed by atoms with Gasteiger partial charge < -0.3 is 16.0 Å². The summed E-state index contributed by atoms with van der Waals surface area (Å²) in [5.74, 6) is 0.400. The molecule has 164 valence electrons. The monoisotopic (exact) mass is 428 g/mol. The first-order chi connectivity index (χ1) is 15.6. The Balaban J connectivity index is 1.28. The van der Waals surface area contributed by atoms with Crippen LogP contribution in [0.5, 0.6) is 0 Å². The lowest BCUT2D eigenvalue weighted by molar-refractivity contribution is -0.132. The van der Waals surface area contributed by atoms with Gasteiger partial charge in [-0.25, -0.2) is 0 Å². The first-order valence-corrected chi connectivity index (χ1v) is 11.0. The molecule has 0 bridgehead atoms. The van der Waals surface area contributed by atoms with Crippen LogP contribution in [0.4, 0.5) is 5.69 Å². The molecule has 0 saturated carbocycles. The van der Waals surface area contributed by atoms with Crippen molar-refractivity contribution in [1.82, 2.24) is 9.88 Å². The molecule has 32 heavy (non-hydrogen) atoms. The number of pyridine rings is 1. The summed E-state index contributed by atoms with van der Waals surface area (Å²) in [6.45, 7) is 1.53. The zero-order valence-corrected chi connectivity index (χ0v) is 18.0. The van der Waals surface area contributed by atoms with Gasteiger partial charge in [-0.3, -0.25) is 14.6 Å². The Labute approximate surface area is 188 Å². The molecule has 2 amide bonds. The second kappa shape index (κ2) is 10.2. The highest BCUT2D eigenvalue weighted by atomic mass is 16.2. The molecule has 1 aromatic heterocycles. The lowest BCUT2D eigenvalue weighted by atomic mass is 9.89. The van der Waals surface area contributed by atoms with Crippen LogP contribution in [-0.2, 0) is 4.79 Å². The van der Waals surface area contributed by atoms with Gasteiger partial charge in [0.05, 0.1) is 0 Å². The van der Waals surface area contributed by atoms with Gasteiger partial charge >= 0.3 is 0 Å². The summed E-state index contributed by atoms with van der Waals surface area (Å²) < 4.78 is 0. The van der Waals surface area contributed by atoms with Crippen molar-refractivity contribution in [3.8, 4) is 0 Å². The molecule has 1 saturated heterocycles. The number of hydrogen-bond acceptors (Lipinski definition) is 4. The second-order valence-corrected chi connectivity index (χ2v) is 8.19. The van der Waals surface area contributed by atoms with Crippen LogP contribution >= 0.6 is 0 Å². The normalized spacial score (nSPS) is 15.2. The summed E-state index contributed by atoms with van der Waals surface area (Å²) in [4.78, 5) is 31.0. The Morgan fingerprint density at radius 3 is 2.28 bits per heavy atom. The number of hydrogen-bond donors (Lipinski definition) is 2. The Bertz CT molecular complexity index is 1030. The zero-order valence-electron chi connectivity index (χ0n) is 18.0. The standard InChI is InChI=1S/C26H28N4O2/c27-24(18-25(31)30-16-12-20(13-17-30)19-4-2-1-3-5-19)21-6-8-22(9-7-21)26(32)29-23-10-14-28-15-11-23/h1-11,14-15,20,24H,12-13,16-18,27H2,(H,28,29,32). The molecular weight excluding hydrogens is 400 g/mol. The first-order valence-electron chi connectivity index (χ1n) is 11.0. The van der Waals surface area contributed by atoms with Crippen molar-refractivity contribution in [2.24, 2.45) is 5.73 Å². The van der Waals surface area contributed by atoms with E-state index in [9.17, 15) is 9.59 Å². The van der Waals surface area contributed by atoms with Crippen LogP contribution in [-0.4, -0.2) is 34.8 Å². The number of rotatable bonds is 6. The number of benzene rings is 2. The van der Waals surface area contributed by atoms with E-state index in [-0.39, 0.29) is 18.2 Å². The molecule has 1 unspecified atom stereocenters. The SMILES string of the molecule is NC(CC(=O)N1CCC(c2ccccc2)CC1)c1ccc(C(=O)Nc2ccncc2)cc1. The molecule has 4 rings (SSSR count). The van der Waals surface area contributed by atoms with E-state index in [1.54, 1.807) is 36.7 Å². The molecule has 0 aliphatic carbocycles. The summed E-state index contributed by atoms with van der Waals surface area (Å²) in [6, 6.07) is 20.7. The minimum absolute atomic E-state index is 0.0866. The van der Waals surface area contributed by atoms with E-state index in [1.807, 2.05) is 23.1 Å². The van der Waals surface area contributed by atoms with Gasteiger partial charge in [0, 0.05) is 49.2 Å². The van der Waals surface area contributed by atoms with Crippen LogP contribution in [0.2, 0.25) is 0 Å². The highest BCUT2D eigenvalue weighted by Crippen LogP contribution is 2.28. The molecular formula is C26H28N4O2. The molecule has 0 spiro atoms. The molecule has 2 aromatic carbocycles. The van der Waals surface area contributed by atoms with Gasteiger partial charge in [0.25, 0.3) is 5.91 Å². The number of piperidine rings is 1. The highest BCUT2D eigenvalue weighted by Gasteiger charge is 2.25. The smallest absolute Gasteiger partial charge is 0.255 e. The number of carbonyl (C=O) groups excluding carboxylic acids is 2. The van der Waals surface area contributed by atoms with Gasteiger partial charge in [0.1, 0.15) is 0 Å². The molecule has 1 atom stereocenters. The Kier molecular flexibility index (Phi) is 6.92. The maximum absolute atomic E-state index is 12.8. The third kappa shape index (κ3) is 5.39. The summed E-state index contributed by atoms with van der Waals surface area (Å²) in [6.07, 6.45) is 5.47. The third-order valence-corrected chi connectivity index (χ3v) is 6.05. The van der Waals surface area contributed by atoms with Crippen molar-refractivity contribution in [3.63, 3.8) is 0 Å². The van der Waals surface area contributed by atoms with Crippen molar-refractivity contribution in [1.29, 1.82) is 0 Å². The van der Waals surface area contributed by atoms with Crippen LogP contribution in [0.15, 0.2) is 79.1 Å². The van der Waals surface area contributed by atoms with Crippen LogP contribution in [0, 0.1) is 0 Å². The van der Waals surface area contributed by atoms with Gasteiger partial charge in [-0.05, 0) is 54.2 Å². The molecule has 6 nitrogen and oxygen atoms in total. The van der Waals surface area contributed by atoms with E-state index < -0.39 is 6.04 Å². The van der Waals surface area contributed by atoms with Crippen molar-refractivity contribution < 1.29 is 9.59 Å². The molecule has 3 N–H and O–H groups in total. The van der Waals surface area contributed by atoms with Crippen LogP contribution < -0.4 is 11.1 Å². The molecule has 2 heterocycles. The van der Waals surface area contributed by atoms with Gasteiger partial charge in [0.15, 0.2) is 0 Å². The molecule has 6 heteroatoms. The fraction of sp³-hybridized carbons (Fsp3) is 0.269. The number of nitrogens with zero attached hydrogens (tertiary/aromatic N) is 2. The Morgan fingerprint density at radius 2 is 1.62 bits per heavy atom. The highest BCUT2D eigenvalue weighted by molar-refractivity contribution is 6.04. The van der Waals surface area contributed by atoms with Gasteiger partial charge in [-0.15, -0.1) is 0 Å². The van der Waals surface area contributed by atoms with E-state index in [2.05, 4.69) is 34.6 Å². The van der Waals surface area contributed by atoms with Crippen molar-refractivity contribution >= 4 is 17.5 Å². The first kappa shape index (κ1) is 21.7. The number of nitrogens with two attached hydrogens (primary N) is 1. The fourth-order valence-corrected chi connectivity index (χ4v) is 4.14. The molecule has 0 radical (unpaired) electrons. The third-order valence-electron chi connectivity index (χ3n) is 6.05. The van der Waals surface area contributed by atoms with Crippen LogP contribution in [0.1, 0.15) is 52.7 Å². The largest absolute Gasteiger partial charge is 0.343 e. The van der Waals surface area contributed by atoms with E-state index in [0.717, 1.165) is 31.5 Å². The lowest BCUT2D eigenvalue weighted by Gasteiger charge is -2.33. The van der Waals surface area contributed by atoms with E-state index >= 15 is 0 Å². The quantitative estimate of drug-likeness (QED) is 0.618. The minimum atomic E-state index is -0.397. The second-order valence-electron chi connectivity index (χ2n) is 8.19. The lowest BCUT2D eigenvalue weighted by Crippen LogP contribution is -2.39. The number of aromatic nitrogens is 1. The van der Waals surface area contributed by atoms with Crippen molar-refractivity contribution in [3.05, 3.63) is 95.8 Å². The Hall–Kier alpha value is -3.51. The predicted octanol–water partition coefficient (Wildman–Crippen LogP) is 4.13. The maximum atomic E-state index is 12.8. The molecule has 1 fully saturated rings. The van der Waals surface area contributed by atoms with E-state index in [1.165, 1.54) is 5.56 Å². The van der Waals surface area contributed by atoms with Crippen LogP contribution in [0.3, 0.4) is 0 Å². The van der Waals surface area contributed by atoms with E-state index in [0.29, 0.717) is 17.2 Å². The number of carbonyl (C=O) groups is 2. The summed E-state index contributed by atoms with van der Waals surface area (Å²) >= 11 is 0. The zero-order chi connectivity index (χ0) is 22.3. The number of anilines is 1. The summed E-state index contributed by atoms with van der Waals surface area (Å²) in [5.41, 5.74) is 9.73. The van der Waals surface area contributed by atoms with Crippen LogP contribution in [0.25, 0.3) is 0 Å². The average Bonchev–Trinajstić information content (AvgIpc) is 2.85. The molecule has 1 aliphatic heterocycles. The van der Waals surface area contributed by atoms with E-state index in [4.69, 9.17) is 5.73 Å².